The molecule has 0 aliphatic carbocycles. The number of ether oxygens (including phenoxy) is 1. The number of hydrogen-bond acceptors (Lipinski definition) is 4. The summed E-state index contributed by atoms with van der Waals surface area (Å²) in [6.07, 6.45) is 0.919. The summed E-state index contributed by atoms with van der Waals surface area (Å²) in [7, 11) is 0. The van der Waals surface area contributed by atoms with Crippen LogP contribution in [0.2, 0.25) is 0 Å². The van der Waals surface area contributed by atoms with Crippen LogP contribution in [0, 0.1) is 0 Å². The lowest BCUT2D eigenvalue weighted by atomic mass is 9.94. The lowest BCUT2D eigenvalue weighted by molar-refractivity contribution is 0.256. The third-order valence-electron chi connectivity index (χ3n) is 2.84. The van der Waals surface area contributed by atoms with Crippen molar-refractivity contribution in [3.8, 4) is 5.75 Å². The lowest BCUT2D eigenvalue weighted by Crippen LogP contribution is -2.19. The molecule has 1 unspecified atom stereocenters. The molecular weight excluding hydrogens is 204 g/mol. The summed E-state index contributed by atoms with van der Waals surface area (Å²) < 4.78 is 10.6. The van der Waals surface area contributed by atoms with E-state index in [0.29, 0.717) is 12.5 Å². The maximum atomic E-state index is 5.68. The van der Waals surface area contributed by atoms with Crippen LogP contribution in [0.25, 0.3) is 0 Å². The van der Waals surface area contributed by atoms with Crippen LogP contribution in [-0.4, -0.2) is 11.8 Å². The maximum absolute atomic E-state index is 5.68. The predicted octanol–water partition coefficient (Wildman–Crippen LogP) is 1.98. The van der Waals surface area contributed by atoms with Crippen molar-refractivity contribution in [1.82, 2.24) is 5.16 Å². The summed E-state index contributed by atoms with van der Waals surface area (Å²) in [4.78, 5) is 0. The van der Waals surface area contributed by atoms with Gasteiger partial charge in [-0.05, 0) is 18.1 Å². The minimum Gasteiger partial charge on any atom is -0.493 e. The van der Waals surface area contributed by atoms with Gasteiger partial charge in [-0.3, -0.25) is 0 Å². The van der Waals surface area contributed by atoms with E-state index in [1.54, 1.807) is 6.07 Å². The van der Waals surface area contributed by atoms with Crippen molar-refractivity contribution in [2.24, 2.45) is 0 Å². The second kappa shape index (κ2) is 3.56. The van der Waals surface area contributed by atoms with Crippen molar-refractivity contribution in [2.75, 3.05) is 12.3 Å². The quantitative estimate of drug-likeness (QED) is 0.791. The molecule has 0 saturated heterocycles. The number of fused-ring (bicyclic) bond motifs is 1. The molecule has 4 heteroatoms. The molecule has 3 rings (SSSR count). The van der Waals surface area contributed by atoms with Crippen molar-refractivity contribution in [1.29, 1.82) is 0 Å². The second-order valence-corrected chi connectivity index (χ2v) is 3.97. The van der Waals surface area contributed by atoms with E-state index >= 15 is 0 Å². The van der Waals surface area contributed by atoms with Gasteiger partial charge in [0, 0.05) is 12.0 Å². The van der Waals surface area contributed by atoms with E-state index in [1.807, 2.05) is 18.2 Å². The molecule has 1 atom stereocenters. The zero-order valence-electron chi connectivity index (χ0n) is 8.72. The Morgan fingerprint density at radius 3 is 3.00 bits per heavy atom. The van der Waals surface area contributed by atoms with Gasteiger partial charge in [-0.1, -0.05) is 23.4 Å². The van der Waals surface area contributed by atoms with E-state index in [-0.39, 0.29) is 5.92 Å². The number of benzene rings is 1. The van der Waals surface area contributed by atoms with E-state index in [0.717, 1.165) is 17.9 Å². The zero-order chi connectivity index (χ0) is 11.0. The monoisotopic (exact) mass is 216 g/mol. The van der Waals surface area contributed by atoms with Gasteiger partial charge in [-0.25, -0.2) is 0 Å². The highest BCUT2D eigenvalue weighted by molar-refractivity contribution is 5.37. The number of nitrogen functional groups attached to an aromatic ring is 1. The fourth-order valence-corrected chi connectivity index (χ4v) is 2.01. The van der Waals surface area contributed by atoms with Gasteiger partial charge in [0.05, 0.1) is 12.3 Å². The molecule has 1 aliphatic heterocycles. The van der Waals surface area contributed by atoms with Crippen LogP contribution < -0.4 is 10.5 Å². The van der Waals surface area contributed by atoms with Crippen molar-refractivity contribution in [2.45, 2.75) is 12.3 Å². The molecule has 0 saturated carbocycles. The van der Waals surface area contributed by atoms with Gasteiger partial charge in [-0.15, -0.1) is 0 Å². The Kier molecular flexibility index (Phi) is 2.06. The number of hydrogen-bond donors (Lipinski definition) is 1. The Hall–Kier alpha value is -1.97. The summed E-state index contributed by atoms with van der Waals surface area (Å²) in [5.74, 6) is 1.56. The molecule has 0 bridgehead atoms. The topological polar surface area (TPSA) is 61.3 Å². The number of nitrogens with two attached hydrogens (primary N) is 1. The standard InChI is InChI=1S/C12H12N2O2/c13-12-6-10(14-16-12)9-5-8-3-1-2-4-11(8)15-7-9/h1-4,6,9H,5,7,13H2. The maximum Gasteiger partial charge on any atom is 0.222 e. The minimum atomic E-state index is 0.232. The zero-order valence-corrected chi connectivity index (χ0v) is 8.72. The van der Waals surface area contributed by atoms with Crippen LogP contribution in [0.4, 0.5) is 5.88 Å². The van der Waals surface area contributed by atoms with Crippen molar-refractivity contribution >= 4 is 5.88 Å². The van der Waals surface area contributed by atoms with Gasteiger partial charge in [0.2, 0.25) is 5.88 Å². The van der Waals surface area contributed by atoms with Gasteiger partial charge < -0.3 is 15.0 Å². The molecule has 0 radical (unpaired) electrons. The number of para-hydroxylation sites is 1. The average Bonchev–Trinajstić information content (AvgIpc) is 2.75. The molecule has 1 aliphatic rings. The fourth-order valence-electron chi connectivity index (χ4n) is 2.01. The van der Waals surface area contributed by atoms with Crippen LogP contribution in [0.5, 0.6) is 5.75 Å². The molecule has 2 N–H and O–H groups in total. The van der Waals surface area contributed by atoms with Crippen LogP contribution >= 0.6 is 0 Å². The Morgan fingerprint density at radius 1 is 1.31 bits per heavy atom. The third kappa shape index (κ3) is 1.52. The Labute approximate surface area is 93.0 Å². The molecule has 0 spiro atoms. The van der Waals surface area contributed by atoms with Gasteiger partial charge in [-0.2, -0.15) is 0 Å². The smallest absolute Gasteiger partial charge is 0.222 e. The van der Waals surface area contributed by atoms with Crippen LogP contribution in [-0.2, 0) is 6.42 Å². The van der Waals surface area contributed by atoms with E-state index in [1.165, 1.54) is 5.56 Å². The Balaban J connectivity index is 1.88. The molecule has 2 heterocycles. The van der Waals surface area contributed by atoms with Gasteiger partial charge in [0.1, 0.15) is 5.75 Å². The highest BCUT2D eigenvalue weighted by Gasteiger charge is 2.23. The van der Waals surface area contributed by atoms with Gasteiger partial charge in [0.25, 0.3) is 0 Å². The first-order valence-corrected chi connectivity index (χ1v) is 5.26. The van der Waals surface area contributed by atoms with Gasteiger partial charge in [0.15, 0.2) is 0 Å². The molecule has 2 aromatic rings. The summed E-state index contributed by atoms with van der Waals surface area (Å²) in [5, 5.41) is 3.93. The molecular formula is C12H12N2O2. The van der Waals surface area contributed by atoms with Crippen molar-refractivity contribution in [3.05, 3.63) is 41.6 Å². The van der Waals surface area contributed by atoms with Crippen LogP contribution in [0.3, 0.4) is 0 Å². The summed E-state index contributed by atoms with van der Waals surface area (Å²) in [5.41, 5.74) is 7.59. The fraction of sp³-hybridized carbons (Fsp3) is 0.250. The number of aromatic nitrogens is 1. The largest absolute Gasteiger partial charge is 0.493 e. The first kappa shape index (κ1) is 9.27. The highest BCUT2D eigenvalue weighted by atomic mass is 16.5. The Morgan fingerprint density at radius 2 is 2.19 bits per heavy atom. The lowest BCUT2D eigenvalue weighted by Gasteiger charge is -2.23. The number of nitrogens with zero attached hydrogens (tertiary/aromatic N) is 1. The van der Waals surface area contributed by atoms with E-state index < -0.39 is 0 Å². The molecule has 4 nitrogen and oxygen atoms in total. The number of rotatable bonds is 1. The van der Waals surface area contributed by atoms with Gasteiger partial charge >= 0.3 is 0 Å². The third-order valence-corrected chi connectivity index (χ3v) is 2.84. The van der Waals surface area contributed by atoms with E-state index in [4.69, 9.17) is 15.0 Å². The van der Waals surface area contributed by atoms with E-state index in [9.17, 15) is 0 Å². The molecule has 1 aromatic heterocycles. The number of anilines is 1. The summed E-state index contributed by atoms with van der Waals surface area (Å²) in [6, 6.07) is 9.82. The van der Waals surface area contributed by atoms with Crippen molar-refractivity contribution in [3.63, 3.8) is 0 Å². The molecule has 1 aromatic carbocycles. The second-order valence-electron chi connectivity index (χ2n) is 3.97. The van der Waals surface area contributed by atoms with Crippen LogP contribution in [0.1, 0.15) is 17.2 Å². The first-order chi connectivity index (χ1) is 7.83. The minimum absolute atomic E-state index is 0.232. The molecule has 0 fully saturated rings. The summed E-state index contributed by atoms with van der Waals surface area (Å²) >= 11 is 0. The SMILES string of the molecule is Nc1cc(C2COc3ccccc3C2)no1. The predicted molar refractivity (Wildman–Crippen MR) is 59.3 cm³/mol. The van der Waals surface area contributed by atoms with E-state index in [2.05, 4.69) is 11.2 Å². The molecule has 16 heavy (non-hydrogen) atoms. The Bertz CT molecular complexity index is 507. The van der Waals surface area contributed by atoms with Crippen molar-refractivity contribution < 1.29 is 9.26 Å². The average molecular weight is 216 g/mol. The van der Waals surface area contributed by atoms with Crippen LogP contribution in [0.15, 0.2) is 34.9 Å². The molecule has 0 amide bonds. The normalized spacial score (nSPS) is 18.9. The molecule has 82 valence electrons. The first-order valence-electron chi connectivity index (χ1n) is 5.26. The highest BCUT2D eigenvalue weighted by Crippen LogP contribution is 2.31. The summed E-state index contributed by atoms with van der Waals surface area (Å²) in [6.45, 7) is 0.628.